The SMILES string of the molecule is CC(C#N)c1cocn1. The first-order valence-electron chi connectivity index (χ1n) is 2.62. The zero-order valence-corrected chi connectivity index (χ0v) is 5.03. The minimum absolute atomic E-state index is 0.163. The van der Waals surface area contributed by atoms with E-state index in [2.05, 4.69) is 9.40 Å². The summed E-state index contributed by atoms with van der Waals surface area (Å²) in [7, 11) is 0. The molecule has 9 heavy (non-hydrogen) atoms. The molecule has 0 aliphatic rings. The second-order valence-corrected chi connectivity index (χ2v) is 1.76. The highest BCUT2D eigenvalue weighted by atomic mass is 16.3. The highest BCUT2D eigenvalue weighted by Gasteiger charge is 2.04. The van der Waals surface area contributed by atoms with E-state index in [1.807, 2.05) is 6.07 Å². The van der Waals surface area contributed by atoms with Gasteiger partial charge in [0.1, 0.15) is 6.26 Å². The molecule has 0 fully saturated rings. The maximum atomic E-state index is 8.37. The second-order valence-electron chi connectivity index (χ2n) is 1.76. The Morgan fingerprint density at radius 3 is 3.11 bits per heavy atom. The lowest BCUT2D eigenvalue weighted by molar-refractivity contribution is 0.556. The van der Waals surface area contributed by atoms with E-state index in [0.29, 0.717) is 5.69 Å². The van der Waals surface area contributed by atoms with E-state index in [0.717, 1.165) is 0 Å². The Morgan fingerprint density at radius 1 is 1.89 bits per heavy atom. The summed E-state index contributed by atoms with van der Waals surface area (Å²) in [6, 6.07) is 2.04. The van der Waals surface area contributed by atoms with Gasteiger partial charge in [0, 0.05) is 0 Å². The van der Waals surface area contributed by atoms with Crippen molar-refractivity contribution >= 4 is 0 Å². The van der Waals surface area contributed by atoms with Gasteiger partial charge in [-0.1, -0.05) is 0 Å². The Hall–Kier alpha value is -1.30. The lowest BCUT2D eigenvalue weighted by Crippen LogP contribution is -1.87. The Labute approximate surface area is 52.9 Å². The minimum Gasteiger partial charge on any atom is -0.451 e. The van der Waals surface area contributed by atoms with E-state index >= 15 is 0 Å². The van der Waals surface area contributed by atoms with Crippen molar-refractivity contribution in [3.63, 3.8) is 0 Å². The van der Waals surface area contributed by atoms with Gasteiger partial charge in [0.05, 0.1) is 17.7 Å². The van der Waals surface area contributed by atoms with Crippen molar-refractivity contribution in [3.05, 3.63) is 18.4 Å². The Kier molecular flexibility index (Phi) is 1.50. The van der Waals surface area contributed by atoms with Gasteiger partial charge in [0.25, 0.3) is 0 Å². The number of oxazole rings is 1. The van der Waals surface area contributed by atoms with Gasteiger partial charge in [-0.05, 0) is 6.92 Å². The van der Waals surface area contributed by atoms with Gasteiger partial charge in [-0.25, -0.2) is 4.98 Å². The van der Waals surface area contributed by atoms with Crippen LogP contribution in [0.25, 0.3) is 0 Å². The van der Waals surface area contributed by atoms with Gasteiger partial charge >= 0.3 is 0 Å². The number of aromatic nitrogens is 1. The molecule has 0 aliphatic carbocycles. The maximum absolute atomic E-state index is 8.37. The van der Waals surface area contributed by atoms with Crippen LogP contribution < -0.4 is 0 Å². The lowest BCUT2D eigenvalue weighted by Gasteiger charge is -1.89. The van der Waals surface area contributed by atoms with E-state index in [9.17, 15) is 0 Å². The number of rotatable bonds is 1. The fraction of sp³-hybridized carbons (Fsp3) is 0.333. The molecule has 0 radical (unpaired) electrons. The monoisotopic (exact) mass is 122 g/mol. The molecule has 0 N–H and O–H groups in total. The summed E-state index contributed by atoms with van der Waals surface area (Å²) in [6.45, 7) is 1.78. The summed E-state index contributed by atoms with van der Waals surface area (Å²) in [4.78, 5) is 3.80. The predicted molar refractivity (Wildman–Crippen MR) is 30.5 cm³/mol. The molecule has 3 nitrogen and oxygen atoms in total. The number of nitriles is 1. The Bertz CT molecular complexity index is 209. The molecule has 46 valence electrons. The van der Waals surface area contributed by atoms with Gasteiger partial charge in [0.15, 0.2) is 6.39 Å². The van der Waals surface area contributed by atoms with Crippen LogP contribution in [0.2, 0.25) is 0 Å². The fourth-order valence-corrected chi connectivity index (χ4v) is 0.502. The van der Waals surface area contributed by atoms with Crippen LogP contribution in [0.4, 0.5) is 0 Å². The van der Waals surface area contributed by atoms with Crippen LogP contribution in [0.5, 0.6) is 0 Å². The minimum atomic E-state index is -0.163. The molecule has 0 bridgehead atoms. The number of hydrogen-bond acceptors (Lipinski definition) is 3. The maximum Gasteiger partial charge on any atom is 0.180 e. The van der Waals surface area contributed by atoms with E-state index in [1.54, 1.807) is 6.92 Å². The van der Waals surface area contributed by atoms with Gasteiger partial charge in [0.2, 0.25) is 0 Å². The standard InChI is InChI=1S/C6H6N2O/c1-5(2-7)6-3-9-4-8-6/h3-5H,1H3. The highest BCUT2D eigenvalue weighted by molar-refractivity contribution is 5.08. The van der Waals surface area contributed by atoms with Gasteiger partial charge in [-0.15, -0.1) is 0 Å². The van der Waals surface area contributed by atoms with Gasteiger partial charge in [-0.2, -0.15) is 5.26 Å². The highest BCUT2D eigenvalue weighted by Crippen LogP contribution is 2.09. The first kappa shape index (κ1) is 5.83. The molecule has 0 aliphatic heterocycles. The van der Waals surface area contributed by atoms with Crippen molar-refractivity contribution in [2.75, 3.05) is 0 Å². The summed E-state index contributed by atoms with van der Waals surface area (Å²) in [5.41, 5.74) is 0.692. The Balaban J connectivity index is 2.80. The molecule has 0 amide bonds. The van der Waals surface area contributed by atoms with Crippen molar-refractivity contribution < 1.29 is 4.42 Å². The molecule has 1 aromatic heterocycles. The van der Waals surface area contributed by atoms with Crippen molar-refractivity contribution in [1.82, 2.24) is 4.98 Å². The summed E-state index contributed by atoms with van der Waals surface area (Å²) >= 11 is 0. The molecule has 0 spiro atoms. The molecule has 0 aromatic carbocycles. The Morgan fingerprint density at radius 2 is 2.67 bits per heavy atom. The summed E-state index contributed by atoms with van der Waals surface area (Å²) in [5.74, 6) is -0.163. The first-order chi connectivity index (χ1) is 4.34. The quantitative estimate of drug-likeness (QED) is 0.564. The van der Waals surface area contributed by atoms with Crippen molar-refractivity contribution in [2.45, 2.75) is 12.8 Å². The van der Waals surface area contributed by atoms with Crippen molar-refractivity contribution in [1.29, 1.82) is 5.26 Å². The number of hydrogen-bond donors (Lipinski definition) is 0. The largest absolute Gasteiger partial charge is 0.451 e. The third-order valence-electron chi connectivity index (χ3n) is 1.09. The molecule has 3 heteroatoms. The molecule has 1 aromatic rings. The van der Waals surface area contributed by atoms with Crippen LogP contribution in [-0.2, 0) is 0 Å². The predicted octanol–water partition coefficient (Wildman–Crippen LogP) is 1.30. The molecular formula is C6H6N2O. The van der Waals surface area contributed by atoms with Gasteiger partial charge < -0.3 is 4.42 Å². The fourth-order valence-electron chi connectivity index (χ4n) is 0.502. The smallest absolute Gasteiger partial charge is 0.180 e. The molecule has 0 saturated heterocycles. The normalized spacial score (nSPS) is 12.4. The lowest BCUT2D eigenvalue weighted by atomic mass is 10.1. The molecule has 0 saturated carbocycles. The van der Waals surface area contributed by atoms with E-state index in [1.165, 1.54) is 12.7 Å². The van der Waals surface area contributed by atoms with Crippen LogP contribution in [0.1, 0.15) is 18.5 Å². The third-order valence-corrected chi connectivity index (χ3v) is 1.09. The summed E-state index contributed by atoms with van der Waals surface area (Å²) in [6.07, 6.45) is 2.80. The van der Waals surface area contributed by atoms with Crippen LogP contribution >= 0.6 is 0 Å². The van der Waals surface area contributed by atoms with E-state index < -0.39 is 0 Å². The number of nitrogens with zero attached hydrogens (tertiary/aromatic N) is 2. The average Bonchev–Trinajstić information content (AvgIpc) is 2.37. The zero-order valence-electron chi connectivity index (χ0n) is 5.03. The third kappa shape index (κ3) is 1.08. The van der Waals surface area contributed by atoms with Gasteiger partial charge in [-0.3, -0.25) is 0 Å². The topological polar surface area (TPSA) is 49.8 Å². The molecule has 1 unspecified atom stereocenters. The van der Waals surface area contributed by atoms with Crippen LogP contribution in [-0.4, -0.2) is 4.98 Å². The molecule has 1 heterocycles. The van der Waals surface area contributed by atoms with Crippen LogP contribution in [0.15, 0.2) is 17.1 Å². The second kappa shape index (κ2) is 2.31. The van der Waals surface area contributed by atoms with E-state index in [4.69, 9.17) is 5.26 Å². The van der Waals surface area contributed by atoms with Crippen LogP contribution in [0.3, 0.4) is 0 Å². The summed E-state index contributed by atoms with van der Waals surface area (Å²) in [5, 5.41) is 8.37. The summed E-state index contributed by atoms with van der Waals surface area (Å²) < 4.78 is 4.68. The molecule has 1 rings (SSSR count). The molecule has 1 atom stereocenters. The zero-order chi connectivity index (χ0) is 6.69. The van der Waals surface area contributed by atoms with Crippen molar-refractivity contribution in [2.24, 2.45) is 0 Å². The molecular weight excluding hydrogens is 116 g/mol. The van der Waals surface area contributed by atoms with E-state index in [-0.39, 0.29) is 5.92 Å². The first-order valence-corrected chi connectivity index (χ1v) is 2.62. The van der Waals surface area contributed by atoms with Crippen LogP contribution in [0, 0.1) is 11.3 Å². The van der Waals surface area contributed by atoms with Crippen molar-refractivity contribution in [3.8, 4) is 6.07 Å². The average molecular weight is 122 g/mol.